The number of carbonyl (C=O) groups is 1. The molecule has 138 valence electrons. The van der Waals surface area contributed by atoms with Crippen LogP contribution in [-0.2, 0) is 6.42 Å². The fraction of sp³-hybridized carbons (Fsp3) is 0.190. The van der Waals surface area contributed by atoms with E-state index in [2.05, 4.69) is 27.5 Å². The molecule has 0 radical (unpaired) electrons. The van der Waals surface area contributed by atoms with Crippen LogP contribution >= 0.6 is 0 Å². The number of aryl methyl sites for hydroxylation is 2. The summed E-state index contributed by atoms with van der Waals surface area (Å²) in [6.45, 7) is 3.96. The van der Waals surface area contributed by atoms with Crippen LogP contribution in [0.4, 0.5) is 17.2 Å². The Labute approximate surface area is 158 Å². The van der Waals surface area contributed by atoms with E-state index in [1.54, 1.807) is 25.3 Å². The van der Waals surface area contributed by atoms with Crippen molar-refractivity contribution in [2.24, 2.45) is 0 Å². The van der Waals surface area contributed by atoms with Crippen molar-refractivity contribution in [3.63, 3.8) is 0 Å². The predicted molar refractivity (Wildman–Crippen MR) is 107 cm³/mol. The Bertz CT molecular complexity index is 956. The molecular weight excluding hydrogens is 340 g/mol. The van der Waals surface area contributed by atoms with Crippen LogP contribution in [-0.4, -0.2) is 23.0 Å². The van der Waals surface area contributed by atoms with Crippen LogP contribution in [0.5, 0.6) is 5.75 Å². The minimum absolute atomic E-state index is 0.182. The number of rotatable bonds is 6. The second-order valence-electron chi connectivity index (χ2n) is 6.08. The van der Waals surface area contributed by atoms with E-state index in [0.717, 1.165) is 29.1 Å². The van der Waals surface area contributed by atoms with E-state index in [4.69, 9.17) is 4.74 Å². The molecule has 0 saturated heterocycles. The van der Waals surface area contributed by atoms with Crippen molar-refractivity contribution < 1.29 is 9.53 Å². The Morgan fingerprint density at radius 1 is 1.11 bits per heavy atom. The number of hydrogen-bond acceptors (Lipinski definition) is 5. The number of hydrogen-bond donors (Lipinski definition) is 2. The van der Waals surface area contributed by atoms with Crippen molar-refractivity contribution in [1.29, 1.82) is 0 Å². The summed E-state index contributed by atoms with van der Waals surface area (Å²) < 4.78 is 5.19. The van der Waals surface area contributed by atoms with Gasteiger partial charge >= 0.3 is 0 Å². The fourth-order valence-corrected chi connectivity index (χ4v) is 2.71. The third-order valence-corrected chi connectivity index (χ3v) is 4.15. The molecule has 0 fully saturated rings. The first-order valence-corrected chi connectivity index (χ1v) is 8.73. The summed E-state index contributed by atoms with van der Waals surface area (Å²) in [5, 5.41) is 6.24. The lowest BCUT2D eigenvalue weighted by Crippen LogP contribution is -2.13. The maximum atomic E-state index is 12.7. The molecule has 0 aliphatic carbocycles. The van der Waals surface area contributed by atoms with Crippen molar-refractivity contribution in [3.8, 4) is 5.75 Å². The van der Waals surface area contributed by atoms with Crippen molar-refractivity contribution >= 4 is 23.1 Å². The van der Waals surface area contributed by atoms with Gasteiger partial charge in [0, 0.05) is 28.7 Å². The van der Waals surface area contributed by atoms with Crippen LogP contribution < -0.4 is 15.4 Å². The summed E-state index contributed by atoms with van der Waals surface area (Å²) in [4.78, 5) is 21.0. The molecule has 1 aromatic heterocycles. The van der Waals surface area contributed by atoms with Gasteiger partial charge < -0.3 is 15.4 Å². The van der Waals surface area contributed by atoms with Crippen LogP contribution in [0.2, 0.25) is 0 Å². The molecule has 0 aliphatic heterocycles. The number of ether oxygens (including phenoxy) is 1. The smallest absolute Gasteiger partial charge is 0.255 e. The number of nitrogens with one attached hydrogen (secondary N) is 2. The molecular formula is C21H22N4O2. The molecule has 0 saturated carbocycles. The molecule has 0 unspecified atom stereocenters. The van der Waals surface area contributed by atoms with E-state index in [1.807, 2.05) is 37.3 Å². The minimum Gasteiger partial charge on any atom is -0.497 e. The average molecular weight is 362 g/mol. The number of benzene rings is 2. The molecule has 2 N–H and O–H groups in total. The van der Waals surface area contributed by atoms with Crippen LogP contribution in [0.25, 0.3) is 0 Å². The molecule has 6 heteroatoms. The van der Waals surface area contributed by atoms with Gasteiger partial charge in [-0.25, -0.2) is 9.97 Å². The van der Waals surface area contributed by atoms with E-state index in [-0.39, 0.29) is 5.91 Å². The molecule has 3 rings (SSSR count). The zero-order valence-electron chi connectivity index (χ0n) is 15.6. The lowest BCUT2D eigenvalue weighted by atomic mass is 10.1. The first-order valence-electron chi connectivity index (χ1n) is 8.73. The highest BCUT2D eigenvalue weighted by molar-refractivity contribution is 6.05. The number of methoxy groups -OCH3 is 1. The molecule has 0 bridgehead atoms. The highest BCUT2D eigenvalue weighted by Crippen LogP contribution is 2.25. The first kappa shape index (κ1) is 18.4. The zero-order valence-corrected chi connectivity index (χ0v) is 15.6. The van der Waals surface area contributed by atoms with E-state index < -0.39 is 0 Å². The molecule has 1 heterocycles. The number of nitrogens with zero attached hydrogens (tertiary/aromatic N) is 2. The molecule has 0 aliphatic rings. The minimum atomic E-state index is -0.182. The second kappa shape index (κ2) is 8.31. The summed E-state index contributed by atoms with van der Waals surface area (Å²) in [6.07, 6.45) is 2.32. The topological polar surface area (TPSA) is 76.1 Å². The van der Waals surface area contributed by atoms with Crippen molar-refractivity contribution in [2.75, 3.05) is 17.7 Å². The van der Waals surface area contributed by atoms with Gasteiger partial charge in [-0.05, 0) is 49.2 Å². The van der Waals surface area contributed by atoms with Crippen molar-refractivity contribution in [2.45, 2.75) is 20.3 Å². The summed E-state index contributed by atoms with van der Waals surface area (Å²) in [7, 11) is 1.58. The SMILES string of the molecule is CCc1ccc(Nc2cc(C)ncn2)cc1NC(=O)c1cccc(OC)c1. The Kier molecular flexibility index (Phi) is 5.66. The van der Waals surface area contributed by atoms with Crippen LogP contribution in [0.15, 0.2) is 54.9 Å². The van der Waals surface area contributed by atoms with Gasteiger partial charge in [0.25, 0.3) is 5.91 Å². The Hall–Kier alpha value is -3.41. The van der Waals surface area contributed by atoms with E-state index in [1.165, 1.54) is 6.33 Å². The second-order valence-corrected chi connectivity index (χ2v) is 6.08. The van der Waals surface area contributed by atoms with Gasteiger partial charge in [0.15, 0.2) is 0 Å². The van der Waals surface area contributed by atoms with Gasteiger partial charge in [0.1, 0.15) is 17.9 Å². The van der Waals surface area contributed by atoms with Crippen LogP contribution in [0.3, 0.4) is 0 Å². The van der Waals surface area contributed by atoms with Crippen LogP contribution in [0, 0.1) is 6.92 Å². The summed E-state index contributed by atoms with van der Waals surface area (Å²) in [6, 6.07) is 14.8. The van der Waals surface area contributed by atoms with E-state index in [9.17, 15) is 4.79 Å². The summed E-state index contributed by atoms with van der Waals surface area (Å²) in [5.74, 6) is 1.17. The zero-order chi connectivity index (χ0) is 19.2. The molecule has 3 aromatic rings. The lowest BCUT2D eigenvalue weighted by Gasteiger charge is -2.13. The molecule has 1 amide bonds. The van der Waals surface area contributed by atoms with Crippen LogP contribution in [0.1, 0.15) is 28.5 Å². The highest BCUT2D eigenvalue weighted by Gasteiger charge is 2.11. The number of amides is 1. The maximum Gasteiger partial charge on any atom is 0.255 e. The normalized spacial score (nSPS) is 10.3. The number of carbonyl (C=O) groups excluding carboxylic acids is 1. The lowest BCUT2D eigenvalue weighted by molar-refractivity contribution is 0.102. The highest BCUT2D eigenvalue weighted by atomic mass is 16.5. The maximum absolute atomic E-state index is 12.7. The van der Waals surface area contributed by atoms with Gasteiger partial charge in [-0.2, -0.15) is 0 Å². The van der Waals surface area contributed by atoms with E-state index in [0.29, 0.717) is 17.1 Å². The largest absolute Gasteiger partial charge is 0.497 e. The van der Waals surface area contributed by atoms with Gasteiger partial charge in [0.05, 0.1) is 7.11 Å². The van der Waals surface area contributed by atoms with Gasteiger partial charge in [-0.15, -0.1) is 0 Å². The monoisotopic (exact) mass is 362 g/mol. The Morgan fingerprint density at radius 2 is 1.96 bits per heavy atom. The van der Waals surface area contributed by atoms with Gasteiger partial charge in [-0.1, -0.05) is 19.1 Å². The number of aromatic nitrogens is 2. The van der Waals surface area contributed by atoms with Gasteiger partial charge in [-0.3, -0.25) is 4.79 Å². The first-order chi connectivity index (χ1) is 13.1. The third kappa shape index (κ3) is 4.61. The standard InChI is InChI=1S/C21H22N4O2/c1-4-15-8-9-17(24-20-10-14(2)22-13-23-20)12-19(15)25-21(26)16-6-5-7-18(11-16)27-3/h5-13H,4H2,1-3H3,(H,25,26)(H,22,23,24). The number of anilines is 3. The molecule has 27 heavy (non-hydrogen) atoms. The molecule has 6 nitrogen and oxygen atoms in total. The Balaban J connectivity index is 1.83. The quantitative estimate of drug-likeness (QED) is 0.682. The molecule has 2 aromatic carbocycles. The van der Waals surface area contributed by atoms with E-state index >= 15 is 0 Å². The average Bonchev–Trinajstić information content (AvgIpc) is 2.68. The molecule has 0 atom stereocenters. The Morgan fingerprint density at radius 3 is 2.70 bits per heavy atom. The summed E-state index contributed by atoms with van der Waals surface area (Å²) >= 11 is 0. The third-order valence-electron chi connectivity index (χ3n) is 4.15. The fourth-order valence-electron chi connectivity index (χ4n) is 2.71. The van der Waals surface area contributed by atoms with Gasteiger partial charge in [0.2, 0.25) is 0 Å². The molecule has 0 spiro atoms. The van der Waals surface area contributed by atoms with Crippen molar-refractivity contribution in [1.82, 2.24) is 9.97 Å². The van der Waals surface area contributed by atoms with Crippen molar-refractivity contribution in [3.05, 3.63) is 71.7 Å². The predicted octanol–water partition coefficient (Wildman–Crippen LogP) is 4.35. The summed E-state index contributed by atoms with van der Waals surface area (Å²) in [5.41, 5.74) is 4.08.